The highest BCUT2D eigenvalue weighted by molar-refractivity contribution is 9.10. The van der Waals surface area contributed by atoms with Gasteiger partial charge in [0.15, 0.2) is 0 Å². The average Bonchev–Trinajstić information content (AvgIpc) is 2.87. The van der Waals surface area contributed by atoms with Gasteiger partial charge in [0, 0.05) is 4.47 Å². The van der Waals surface area contributed by atoms with Crippen molar-refractivity contribution >= 4 is 27.7 Å². The molecule has 2 fully saturated rings. The second kappa shape index (κ2) is 2.98. The van der Waals surface area contributed by atoms with Crippen molar-refractivity contribution in [2.24, 2.45) is 0 Å². The van der Waals surface area contributed by atoms with E-state index in [-0.39, 0.29) is 11.7 Å². The van der Waals surface area contributed by atoms with Gasteiger partial charge in [0.25, 0.3) is 0 Å². The Morgan fingerprint density at radius 1 is 1.33 bits per heavy atom. The van der Waals surface area contributed by atoms with E-state index < -0.39 is 0 Å². The van der Waals surface area contributed by atoms with Crippen LogP contribution in [0.25, 0.3) is 0 Å². The Balaban J connectivity index is 1.95. The maximum Gasteiger partial charge on any atom is 0.415 e. The minimum atomic E-state index is -0.223. The van der Waals surface area contributed by atoms with E-state index in [9.17, 15) is 4.79 Å². The van der Waals surface area contributed by atoms with Crippen molar-refractivity contribution in [2.45, 2.75) is 18.4 Å². The lowest BCUT2D eigenvalue weighted by Crippen LogP contribution is -2.25. The van der Waals surface area contributed by atoms with Gasteiger partial charge in [0.1, 0.15) is 5.60 Å². The molecule has 1 heterocycles. The Hall–Kier alpha value is -1.03. The summed E-state index contributed by atoms with van der Waals surface area (Å²) in [6.07, 6.45) is 1.78. The maximum absolute atomic E-state index is 11.7. The number of nitrogens with zero attached hydrogens (tertiary/aromatic N) is 1. The number of anilines is 1. The van der Waals surface area contributed by atoms with Crippen LogP contribution in [0, 0.1) is 0 Å². The van der Waals surface area contributed by atoms with Crippen LogP contribution in [0.5, 0.6) is 0 Å². The Morgan fingerprint density at radius 3 is 2.67 bits per heavy atom. The summed E-state index contributed by atoms with van der Waals surface area (Å²) >= 11 is 3.44. The number of para-hydroxylation sites is 1. The number of ether oxygens (including phenoxy) is 1. The van der Waals surface area contributed by atoms with Crippen LogP contribution in [0.4, 0.5) is 10.5 Å². The first-order valence-corrected chi connectivity index (χ1v) is 5.75. The molecule has 4 heteroatoms. The first-order chi connectivity index (χ1) is 7.20. The summed E-state index contributed by atoms with van der Waals surface area (Å²) in [6, 6.07) is 7.71. The predicted molar refractivity (Wildman–Crippen MR) is 59.9 cm³/mol. The fourth-order valence-corrected chi connectivity index (χ4v) is 2.38. The Bertz CT molecular complexity index is 428. The summed E-state index contributed by atoms with van der Waals surface area (Å²) in [7, 11) is 0. The topological polar surface area (TPSA) is 29.5 Å². The molecule has 0 N–H and O–H groups in total. The minimum absolute atomic E-state index is 0.160. The van der Waals surface area contributed by atoms with Crippen molar-refractivity contribution in [3.05, 3.63) is 28.7 Å². The summed E-state index contributed by atoms with van der Waals surface area (Å²) in [5.74, 6) is 0. The molecule has 1 aromatic rings. The van der Waals surface area contributed by atoms with Crippen LogP contribution in [0.1, 0.15) is 12.8 Å². The van der Waals surface area contributed by atoms with Crippen LogP contribution >= 0.6 is 15.9 Å². The van der Waals surface area contributed by atoms with Crippen LogP contribution in [0.2, 0.25) is 0 Å². The maximum atomic E-state index is 11.7. The number of amides is 1. The monoisotopic (exact) mass is 267 g/mol. The molecule has 3 nitrogen and oxygen atoms in total. The molecule has 15 heavy (non-hydrogen) atoms. The van der Waals surface area contributed by atoms with Crippen LogP contribution in [0.15, 0.2) is 28.7 Å². The van der Waals surface area contributed by atoms with E-state index in [1.54, 1.807) is 4.90 Å². The molecule has 78 valence electrons. The molecule has 0 aromatic heterocycles. The molecule has 0 radical (unpaired) electrons. The molecule has 1 aliphatic carbocycles. The normalized spacial score (nSPS) is 21.9. The van der Waals surface area contributed by atoms with E-state index in [1.807, 2.05) is 24.3 Å². The zero-order valence-electron chi connectivity index (χ0n) is 8.07. The van der Waals surface area contributed by atoms with Crippen molar-refractivity contribution in [1.82, 2.24) is 0 Å². The third kappa shape index (κ3) is 1.44. The molecule has 0 atom stereocenters. The van der Waals surface area contributed by atoms with Crippen molar-refractivity contribution in [3.8, 4) is 0 Å². The Morgan fingerprint density at radius 2 is 2.07 bits per heavy atom. The van der Waals surface area contributed by atoms with Gasteiger partial charge < -0.3 is 4.74 Å². The van der Waals surface area contributed by atoms with Gasteiger partial charge in [0.2, 0.25) is 0 Å². The number of benzene rings is 1. The van der Waals surface area contributed by atoms with E-state index >= 15 is 0 Å². The van der Waals surface area contributed by atoms with Crippen LogP contribution in [-0.4, -0.2) is 18.2 Å². The van der Waals surface area contributed by atoms with Crippen LogP contribution in [0.3, 0.4) is 0 Å². The van der Waals surface area contributed by atoms with E-state index in [4.69, 9.17) is 4.74 Å². The molecule has 1 aromatic carbocycles. The van der Waals surface area contributed by atoms with Crippen LogP contribution in [-0.2, 0) is 4.74 Å². The van der Waals surface area contributed by atoms with Crippen molar-refractivity contribution in [3.63, 3.8) is 0 Å². The number of rotatable bonds is 1. The molecular weight excluding hydrogens is 258 g/mol. The van der Waals surface area contributed by atoms with E-state index in [0.717, 1.165) is 23.0 Å². The molecule has 2 aliphatic rings. The standard InChI is InChI=1S/C11H10BrNO2/c12-8-3-1-2-4-9(8)13-7-11(5-6-11)15-10(13)14/h1-4H,5-7H2. The summed E-state index contributed by atoms with van der Waals surface area (Å²) < 4.78 is 6.28. The van der Waals surface area contributed by atoms with E-state index in [1.165, 1.54) is 0 Å². The molecule has 1 aliphatic heterocycles. The first-order valence-electron chi connectivity index (χ1n) is 4.95. The van der Waals surface area contributed by atoms with E-state index in [2.05, 4.69) is 15.9 Å². The lowest BCUT2D eigenvalue weighted by atomic mass is 10.2. The zero-order chi connectivity index (χ0) is 10.5. The first kappa shape index (κ1) is 9.21. The molecule has 1 amide bonds. The zero-order valence-corrected chi connectivity index (χ0v) is 9.66. The van der Waals surface area contributed by atoms with Crippen molar-refractivity contribution in [2.75, 3.05) is 11.4 Å². The summed E-state index contributed by atoms with van der Waals surface area (Å²) in [4.78, 5) is 13.4. The summed E-state index contributed by atoms with van der Waals surface area (Å²) in [5.41, 5.74) is 0.734. The van der Waals surface area contributed by atoms with Gasteiger partial charge in [-0.2, -0.15) is 0 Å². The smallest absolute Gasteiger partial charge is 0.415 e. The third-order valence-corrected chi connectivity index (χ3v) is 3.59. The van der Waals surface area contributed by atoms with Crippen molar-refractivity contribution in [1.29, 1.82) is 0 Å². The number of carbonyl (C=O) groups excluding carboxylic acids is 1. The SMILES string of the molecule is O=C1OC2(CC2)CN1c1ccccc1Br. The summed E-state index contributed by atoms with van der Waals surface area (Å²) in [5, 5.41) is 0. The second-order valence-electron chi connectivity index (χ2n) is 4.09. The van der Waals surface area contributed by atoms with Gasteiger partial charge in [-0.1, -0.05) is 12.1 Å². The second-order valence-corrected chi connectivity index (χ2v) is 4.94. The number of hydrogen-bond donors (Lipinski definition) is 0. The molecular formula is C11H10BrNO2. The quantitative estimate of drug-likeness (QED) is 0.783. The predicted octanol–water partition coefficient (Wildman–Crippen LogP) is 2.94. The van der Waals surface area contributed by atoms with Crippen molar-refractivity contribution < 1.29 is 9.53 Å². The van der Waals surface area contributed by atoms with Crippen LogP contribution < -0.4 is 4.90 Å². The average molecular weight is 268 g/mol. The Kier molecular flexibility index (Phi) is 1.83. The molecule has 1 spiro atoms. The molecule has 0 bridgehead atoms. The summed E-state index contributed by atoms with van der Waals surface area (Å²) in [6.45, 7) is 0.689. The molecule has 3 rings (SSSR count). The van der Waals surface area contributed by atoms with Gasteiger partial charge >= 0.3 is 6.09 Å². The van der Waals surface area contributed by atoms with Gasteiger partial charge in [-0.25, -0.2) is 4.79 Å². The van der Waals surface area contributed by atoms with Gasteiger partial charge in [0.05, 0.1) is 12.2 Å². The lowest BCUT2D eigenvalue weighted by Gasteiger charge is -2.14. The molecule has 1 saturated carbocycles. The highest BCUT2D eigenvalue weighted by Gasteiger charge is 2.55. The number of halogens is 1. The molecule has 0 unspecified atom stereocenters. The number of hydrogen-bond acceptors (Lipinski definition) is 2. The van der Waals surface area contributed by atoms with Gasteiger partial charge in [-0.05, 0) is 40.9 Å². The van der Waals surface area contributed by atoms with Gasteiger partial charge in [-0.15, -0.1) is 0 Å². The fourth-order valence-electron chi connectivity index (χ4n) is 1.88. The third-order valence-electron chi connectivity index (χ3n) is 2.92. The van der Waals surface area contributed by atoms with Gasteiger partial charge in [-0.3, -0.25) is 4.90 Å². The Labute approximate surface area is 96.1 Å². The highest BCUT2D eigenvalue weighted by atomic mass is 79.9. The minimum Gasteiger partial charge on any atom is -0.441 e. The number of carbonyl (C=O) groups is 1. The van der Waals surface area contributed by atoms with E-state index in [0.29, 0.717) is 6.54 Å². The fraction of sp³-hybridized carbons (Fsp3) is 0.364. The molecule has 1 saturated heterocycles. The largest absolute Gasteiger partial charge is 0.441 e. The lowest BCUT2D eigenvalue weighted by molar-refractivity contribution is 0.129. The highest BCUT2D eigenvalue weighted by Crippen LogP contribution is 2.46.